The van der Waals surface area contributed by atoms with Gasteiger partial charge in [0.05, 0.1) is 6.61 Å². The van der Waals surface area contributed by atoms with Gasteiger partial charge in [-0.05, 0) is 55.0 Å². The van der Waals surface area contributed by atoms with Crippen molar-refractivity contribution in [2.24, 2.45) is 5.92 Å². The minimum atomic E-state index is -0.352. The summed E-state index contributed by atoms with van der Waals surface area (Å²) >= 11 is 0. The molecule has 1 heterocycles. The predicted octanol–water partition coefficient (Wildman–Crippen LogP) is 3.64. The van der Waals surface area contributed by atoms with Gasteiger partial charge in [-0.1, -0.05) is 6.07 Å². The molecule has 0 aliphatic heterocycles. The van der Waals surface area contributed by atoms with Gasteiger partial charge < -0.3 is 15.4 Å². The maximum Gasteiger partial charge on any atom is 0.319 e. The van der Waals surface area contributed by atoms with Crippen LogP contribution in [-0.2, 0) is 6.54 Å². The maximum atomic E-state index is 13.2. The molecule has 1 aromatic carbocycles. The van der Waals surface area contributed by atoms with E-state index >= 15 is 0 Å². The zero-order valence-corrected chi connectivity index (χ0v) is 13.5. The lowest BCUT2D eigenvalue weighted by Crippen LogP contribution is -2.28. The second-order valence-corrected chi connectivity index (χ2v) is 6.03. The Morgan fingerprint density at radius 1 is 1.33 bits per heavy atom. The minimum Gasteiger partial charge on any atom is -0.477 e. The van der Waals surface area contributed by atoms with Crippen LogP contribution >= 0.6 is 0 Å². The van der Waals surface area contributed by atoms with Gasteiger partial charge in [-0.3, -0.25) is 0 Å². The molecule has 0 unspecified atom stereocenters. The van der Waals surface area contributed by atoms with Gasteiger partial charge in [0, 0.05) is 24.5 Å². The molecule has 24 heavy (non-hydrogen) atoms. The molecule has 126 valence electrons. The number of carbonyl (C=O) groups is 1. The fourth-order valence-corrected chi connectivity index (χ4v) is 2.17. The molecule has 2 N–H and O–H groups in total. The van der Waals surface area contributed by atoms with Crippen molar-refractivity contribution in [3.63, 3.8) is 0 Å². The van der Waals surface area contributed by atoms with Gasteiger partial charge in [0.25, 0.3) is 0 Å². The lowest BCUT2D eigenvalue weighted by Gasteiger charge is -2.09. The van der Waals surface area contributed by atoms with E-state index in [0.717, 1.165) is 12.2 Å². The summed E-state index contributed by atoms with van der Waals surface area (Å²) in [6, 6.07) is 7.76. The van der Waals surface area contributed by atoms with Gasteiger partial charge in [0.2, 0.25) is 5.88 Å². The first-order valence-electron chi connectivity index (χ1n) is 7.99. The first-order valence-corrected chi connectivity index (χ1v) is 7.99. The van der Waals surface area contributed by atoms with Crippen LogP contribution in [0.25, 0.3) is 0 Å². The van der Waals surface area contributed by atoms with Crippen LogP contribution < -0.4 is 15.4 Å². The largest absolute Gasteiger partial charge is 0.477 e. The second-order valence-electron chi connectivity index (χ2n) is 6.03. The van der Waals surface area contributed by atoms with Crippen LogP contribution in [0, 0.1) is 18.7 Å². The summed E-state index contributed by atoms with van der Waals surface area (Å²) in [4.78, 5) is 16.1. The summed E-state index contributed by atoms with van der Waals surface area (Å²) in [6.07, 6.45) is 4.17. The summed E-state index contributed by atoms with van der Waals surface area (Å²) in [5.41, 5.74) is 1.91. The van der Waals surface area contributed by atoms with Crippen molar-refractivity contribution in [2.75, 3.05) is 11.9 Å². The highest BCUT2D eigenvalue weighted by molar-refractivity contribution is 5.89. The van der Waals surface area contributed by atoms with Crippen molar-refractivity contribution in [3.05, 3.63) is 53.5 Å². The van der Waals surface area contributed by atoms with Gasteiger partial charge in [-0.25, -0.2) is 14.2 Å². The van der Waals surface area contributed by atoms with Crippen LogP contribution in [0.15, 0.2) is 36.5 Å². The average molecular weight is 329 g/mol. The number of pyridine rings is 1. The zero-order chi connectivity index (χ0) is 16.9. The van der Waals surface area contributed by atoms with Crippen LogP contribution in [0.3, 0.4) is 0 Å². The number of aromatic nitrogens is 1. The highest BCUT2D eigenvalue weighted by Gasteiger charge is 2.22. The molecular formula is C18H20FN3O2. The number of urea groups is 1. The molecule has 0 atom stereocenters. The quantitative estimate of drug-likeness (QED) is 0.850. The number of ether oxygens (including phenoxy) is 1. The van der Waals surface area contributed by atoms with Crippen molar-refractivity contribution in [1.29, 1.82) is 0 Å². The molecule has 1 fully saturated rings. The molecule has 1 aromatic heterocycles. The standard InChI is InChI=1S/C18H20FN3O2/c1-12-8-15(5-6-16(12)19)22-18(23)21-10-14-4-7-17(20-9-14)24-11-13-2-3-13/h4-9,13H,2-3,10-11H2,1H3,(H2,21,22,23). The monoisotopic (exact) mass is 329 g/mol. The topological polar surface area (TPSA) is 63.2 Å². The Kier molecular flexibility index (Phi) is 4.93. The average Bonchev–Trinajstić information content (AvgIpc) is 3.40. The van der Waals surface area contributed by atoms with Crippen LogP contribution in [0.5, 0.6) is 5.88 Å². The van der Waals surface area contributed by atoms with E-state index in [0.29, 0.717) is 29.6 Å². The van der Waals surface area contributed by atoms with Crippen LogP contribution in [0.2, 0.25) is 0 Å². The first kappa shape index (κ1) is 16.2. The van der Waals surface area contributed by atoms with E-state index < -0.39 is 0 Å². The Labute approximate surface area is 140 Å². The number of hydrogen-bond acceptors (Lipinski definition) is 3. The first-order chi connectivity index (χ1) is 11.6. The number of anilines is 1. The molecule has 0 radical (unpaired) electrons. The van der Waals surface area contributed by atoms with Crippen LogP contribution in [0.4, 0.5) is 14.9 Å². The SMILES string of the molecule is Cc1cc(NC(=O)NCc2ccc(OCC3CC3)nc2)ccc1F. The Morgan fingerprint density at radius 2 is 2.17 bits per heavy atom. The third-order valence-corrected chi connectivity index (χ3v) is 3.83. The molecule has 0 bridgehead atoms. The molecule has 1 saturated carbocycles. The Morgan fingerprint density at radius 3 is 2.83 bits per heavy atom. The molecule has 1 aliphatic rings. The zero-order valence-electron chi connectivity index (χ0n) is 13.5. The molecule has 5 nitrogen and oxygen atoms in total. The van der Waals surface area contributed by atoms with Crippen LogP contribution in [0.1, 0.15) is 24.0 Å². The molecule has 0 spiro atoms. The molecular weight excluding hydrogens is 309 g/mol. The Hall–Kier alpha value is -2.63. The van der Waals surface area contributed by atoms with Gasteiger partial charge in [-0.15, -0.1) is 0 Å². The fourth-order valence-electron chi connectivity index (χ4n) is 2.17. The van der Waals surface area contributed by atoms with E-state index in [1.807, 2.05) is 6.07 Å². The van der Waals surface area contributed by atoms with E-state index in [9.17, 15) is 9.18 Å². The number of amides is 2. The van der Waals surface area contributed by atoms with Crippen molar-refractivity contribution in [3.8, 4) is 5.88 Å². The minimum absolute atomic E-state index is 0.295. The number of rotatable bonds is 6. The summed E-state index contributed by atoms with van der Waals surface area (Å²) in [6.45, 7) is 2.73. The molecule has 2 amide bonds. The normalized spacial score (nSPS) is 13.4. The molecule has 0 saturated heterocycles. The third-order valence-electron chi connectivity index (χ3n) is 3.83. The predicted molar refractivity (Wildman–Crippen MR) is 89.5 cm³/mol. The number of aryl methyl sites for hydroxylation is 1. The Bertz CT molecular complexity index is 715. The Balaban J connectivity index is 1.45. The van der Waals surface area contributed by atoms with E-state index in [-0.39, 0.29) is 11.8 Å². The number of carbonyl (C=O) groups excluding carboxylic acids is 1. The van der Waals surface area contributed by atoms with E-state index in [2.05, 4.69) is 15.6 Å². The van der Waals surface area contributed by atoms with Crippen molar-refractivity contribution >= 4 is 11.7 Å². The van der Waals surface area contributed by atoms with Gasteiger partial charge in [-0.2, -0.15) is 0 Å². The summed E-state index contributed by atoms with van der Waals surface area (Å²) < 4.78 is 18.8. The van der Waals surface area contributed by atoms with Crippen molar-refractivity contribution in [1.82, 2.24) is 10.3 Å². The van der Waals surface area contributed by atoms with Gasteiger partial charge in [0.15, 0.2) is 0 Å². The number of halogens is 1. The number of nitrogens with zero attached hydrogens (tertiary/aromatic N) is 1. The number of benzene rings is 1. The van der Waals surface area contributed by atoms with Crippen LogP contribution in [-0.4, -0.2) is 17.6 Å². The smallest absolute Gasteiger partial charge is 0.319 e. The highest BCUT2D eigenvalue weighted by Crippen LogP contribution is 2.29. The summed E-state index contributed by atoms with van der Waals surface area (Å²) in [5.74, 6) is 1.000. The van der Waals surface area contributed by atoms with E-state index in [1.165, 1.54) is 25.0 Å². The van der Waals surface area contributed by atoms with Crippen molar-refractivity contribution < 1.29 is 13.9 Å². The summed E-state index contributed by atoms with van der Waals surface area (Å²) in [7, 11) is 0. The van der Waals surface area contributed by atoms with Gasteiger partial charge in [0.1, 0.15) is 5.82 Å². The van der Waals surface area contributed by atoms with Gasteiger partial charge >= 0.3 is 6.03 Å². The molecule has 1 aliphatic carbocycles. The molecule has 6 heteroatoms. The third kappa shape index (κ3) is 4.68. The van der Waals surface area contributed by atoms with E-state index in [4.69, 9.17) is 4.74 Å². The maximum absolute atomic E-state index is 13.2. The second kappa shape index (κ2) is 7.29. The summed E-state index contributed by atoms with van der Waals surface area (Å²) in [5, 5.41) is 5.41. The molecule has 2 aromatic rings. The molecule has 3 rings (SSSR count). The number of hydrogen-bond donors (Lipinski definition) is 2. The lowest BCUT2D eigenvalue weighted by atomic mass is 10.2. The van der Waals surface area contributed by atoms with Crippen molar-refractivity contribution in [2.45, 2.75) is 26.3 Å². The highest BCUT2D eigenvalue weighted by atomic mass is 19.1. The lowest BCUT2D eigenvalue weighted by molar-refractivity contribution is 0.251. The fraction of sp³-hybridized carbons (Fsp3) is 0.333. The van der Waals surface area contributed by atoms with E-state index in [1.54, 1.807) is 25.3 Å². The number of nitrogens with one attached hydrogen (secondary N) is 2.